The predicted octanol–water partition coefficient (Wildman–Crippen LogP) is 3.26. The molecule has 9 nitrogen and oxygen atoms in total. The van der Waals surface area contributed by atoms with Crippen molar-refractivity contribution in [3.63, 3.8) is 0 Å². The third kappa shape index (κ3) is 6.56. The highest BCUT2D eigenvalue weighted by molar-refractivity contribution is 6.02. The molecule has 0 saturated heterocycles. The number of rotatable bonds is 11. The van der Waals surface area contributed by atoms with Gasteiger partial charge in [0.05, 0.1) is 46.1 Å². The van der Waals surface area contributed by atoms with Gasteiger partial charge < -0.3 is 34.7 Å². The zero-order valence-electron chi connectivity index (χ0n) is 17.9. The number of carbonyl (C=O) groups is 2. The van der Waals surface area contributed by atoms with Gasteiger partial charge in [0.25, 0.3) is 0 Å². The van der Waals surface area contributed by atoms with Crippen molar-refractivity contribution in [3.05, 3.63) is 42.0 Å². The van der Waals surface area contributed by atoms with Crippen molar-refractivity contribution in [1.82, 2.24) is 0 Å². The third-order valence-corrected chi connectivity index (χ3v) is 4.28. The maximum absolute atomic E-state index is 12.4. The maximum Gasteiger partial charge on any atom is 0.305 e. The second-order valence-electron chi connectivity index (χ2n) is 6.25. The van der Waals surface area contributed by atoms with Crippen LogP contribution in [0.5, 0.6) is 23.0 Å². The number of aliphatic carboxylic acids is 1. The Morgan fingerprint density at radius 2 is 1.58 bits per heavy atom. The van der Waals surface area contributed by atoms with Gasteiger partial charge in [-0.25, -0.2) is 0 Å². The molecule has 0 spiro atoms. The van der Waals surface area contributed by atoms with E-state index in [0.717, 1.165) is 0 Å². The number of carbonyl (C=O) groups excluding carboxylic acids is 1. The van der Waals surface area contributed by atoms with E-state index in [1.54, 1.807) is 36.4 Å². The molecule has 2 aromatic rings. The minimum atomic E-state index is -0.912. The predicted molar refractivity (Wildman–Crippen MR) is 117 cm³/mol. The van der Waals surface area contributed by atoms with E-state index in [-0.39, 0.29) is 18.9 Å². The van der Waals surface area contributed by atoms with E-state index in [2.05, 4.69) is 10.6 Å². The number of methoxy groups -OCH3 is 4. The Bertz CT molecular complexity index is 932. The van der Waals surface area contributed by atoms with Gasteiger partial charge in [0.15, 0.2) is 0 Å². The van der Waals surface area contributed by atoms with Crippen LogP contribution in [-0.2, 0) is 9.59 Å². The summed E-state index contributed by atoms with van der Waals surface area (Å²) in [7, 11) is 6.08. The molecule has 0 unspecified atom stereocenters. The summed E-state index contributed by atoms with van der Waals surface area (Å²) in [5, 5.41) is 14.5. The summed E-state index contributed by atoms with van der Waals surface area (Å²) in [5.74, 6) is 0.805. The van der Waals surface area contributed by atoms with Crippen molar-refractivity contribution in [2.24, 2.45) is 0 Å². The quantitative estimate of drug-likeness (QED) is 0.465. The van der Waals surface area contributed by atoms with Crippen LogP contribution in [0.25, 0.3) is 6.08 Å². The number of anilines is 2. The highest BCUT2D eigenvalue weighted by atomic mass is 16.5. The summed E-state index contributed by atoms with van der Waals surface area (Å²) in [6, 6.07) is 8.41. The number of hydrogen-bond donors (Lipinski definition) is 3. The molecule has 31 heavy (non-hydrogen) atoms. The van der Waals surface area contributed by atoms with E-state index in [1.165, 1.54) is 34.5 Å². The van der Waals surface area contributed by atoms with Crippen LogP contribution >= 0.6 is 0 Å². The second kappa shape index (κ2) is 11.3. The molecule has 0 aliphatic rings. The standard InChI is InChI=1S/C22H26N2O7/c1-28-15-12-19(30-3)16(20(13-15)31-4)6-8-21(25)24-14-5-7-18(29-2)17(11-14)23-10-9-22(26)27/h5-8,11-13,23H,9-10H2,1-4H3,(H,24,25)(H,26,27)/b8-6+. The molecule has 0 aliphatic carbocycles. The number of hydrogen-bond acceptors (Lipinski definition) is 7. The van der Waals surface area contributed by atoms with Gasteiger partial charge in [-0.1, -0.05) is 0 Å². The molecule has 0 atom stereocenters. The zero-order chi connectivity index (χ0) is 22.8. The fourth-order valence-electron chi connectivity index (χ4n) is 2.77. The molecule has 2 rings (SSSR count). The van der Waals surface area contributed by atoms with Crippen LogP contribution in [0.1, 0.15) is 12.0 Å². The van der Waals surface area contributed by atoms with E-state index in [9.17, 15) is 9.59 Å². The van der Waals surface area contributed by atoms with Gasteiger partial charge in [-0.3, -0.25) is 9.59 Å². The lowest BCUT2D eigenvalue weighted by Gasteiger charge is -2.13. The van der Waals surface area contributed by atoms with Crippen molar-refractivity contribution in [2.75, 3.05) is 45.6 Å². The molecule has 1 amide bonds. The third-order valence-electron chi connectivity index (χ3n) is 4.28. The first-order valence-electron chi connectivity index (χ1n) is 9.34. The summed E-state index contributed by atoms with van der Waals surface area (Å²) in [6.07, 6.45) is 2.89. The monoisotopic (exact) mass is 430 g/mol. The minimum absolute atomic E-state index is 0.0476. The van der Waals surface area contributed by atoms with E-state index < -0.39 is 5.97 Å². The van der Waals surface area contributed by atoms with E-state index >= 15 is 0 Å². The Morgan fingerprint density at radius 1 is 0.935 bits per heavy atom. The number of amides is 1. The Labute approximate surface area is 180 Å². The molecule has 0 fully saturated rings. The van der Waals surface area contributed by atoms with Gasteiger partial charge in [-0.05, 0) is 24.3 Å². The first-order chi connectivity index (χ1) is 14.9. The topological polar surface area (TPSA) is 115 Å². The molecule has 166 valence electrons. The lowest BCUT2D eigenvalue weighted by molar-refractivity contribution is -0.136. The summed E-state index contributed by atoms with van der Waals surface area (Å²) >= 11 is 0. The summed E-state index contributed by atoms with van der Waals surface area (Å²) in [4.78, 5) is 23.2. The van der Waals surface area contributed by atoms with Crippen molar-refractivity contribution < 1.29 is 33.6 Å². The highest BCUT2D eigenvalue weighted by Gasteiger charge is 2.12. The Balaban J connectivity index is 2.17. The van der Waals surface area contributed by atoms with E-state index in [1.807, 2.05) is 0 Å². The number of carboxylic acid groups (broad SMARTS) is 1. The van der Waals surface area contributed by atoms with Crippen LogP contribution in [-0.4, -0.2) is 52.0 Å². The van der Waals surface area contributed by atoms with Gasteiger partial charge in [-0.15, -0.1) is 0 Å². The van der Waals surface area contributed by atoms with Crippen LogP contribution in [0.4, 0.5) is 11.4 Å². The normalized spacial score (nSPS) is 10.5. The lowest BCUT2D eigenvalue weighted by atomic mass is 10.1. The van der Waals surface area contributed by atoms with Crippen LogP contribution in [0.3, 0.4) is 0 Å². The second-order valence-corrected chi connectivity index (χ2v) is 6.25. The first kappa shape index (κ1) is 23.4. The van der Waals surface area contributed by atoms with Gasteiger partial charge in [0.2, 0.25) is 5.91 Å². The number of ether oxygens (including phenoxy) is 4. The van der Waals surface area contributed by atoms with Crippen LogP contribution in [0, 0.1) is 0 Å². The zero-order valence-corrected chi connectivity index (χ0v) is 17.9. The van der Waals surface area contributed by atoms with Gasteiger partial charge >= 0.3 is 5.97 Å². The van der Waals surface area contributed by atoms with Gasteiger partial charge in [0, 0.05) is 30.4 Å². The van der Waals surface area contributed by atoms with Crippen LogP contribution < -0.4 is 29.6 Å². The molecule has 0 radical (unpaired) electrons. The Hall–Kier alpha value is -3.88. The smallest absolute Gasteiger partial charge is 0.305 e. The fourth-order valence-corrected chi connectivity index (χ4v) is 2.77. The van der Waals surface area contributed by atoms with Gasteiger partial charge in [0.1, 0.15) is 23.0 Å². The van der Waals surface area contributed by atoms with Crippen molar-refractivity contribution >= 4 is 29.3 Å². The Kier molecular flexibility index (Phi) is 8.56. The molecule has 0 heterocycles. The lowest BCUT2D eigenvalue weighted by Crippen LogP contribution is -2.10. The van der Waals surface area contributed by atoms with Crippen LogP contribution in [0.2, 0.25) is 0 Å². The minimum Gasteiger partial charge on any atom is -0.496 e. The SMILES string of the molecule is COc1cc(OC)c(/C=C/C(=O)Nc2ccc(OC)c(NCCC(=O)O)c2)c(OC)c1. The van der Waals surface area contributed by atoms with Crippen LogP contribution in [0.15, 0.2) is 36.4 Å². The molecule has 0 saturated carbocycles. The number of carboxylic acids is 1. The largest absolute Gasteiger partial charge is 0.496 e. The number of nitrogens with one attached hydrogen (secondary N) is 2. The number of benzene rings is 2. The van der Waals surface area contributed by atoms with E-state index in [4.69, 9.17) is 24.1 Å². The summed E-state index contributed by atoms with van der Waals surface area (Å²) in [5.41, 5.74) is 1.68. The highest BCUT2D eigenvalue weighted by Crippen LogP contribution is 2.35. The molecular weight excluding hydrogens is 404 g/mol. The summed E-state index contributed by atoms with van der Waals surface area (Å²) < 4.78 is 21.2. The van der Waals surface area contributed by atoms with Gasteiger partial charge in [-0.2, -0.15) is 0 Å². The molecule has 2 aromatic carbocycles. The average Bonchev–Trinajstić information content (AvgIpc) is 2.77. The molecule has 0 bridgehead atoms. The fraction of sp³-hybridized carbons (Fsp3) is 0.273. The molecule has 3 N–H and O–H groups in total. The summed E-state index contributed by atoms with van der Waals surface area (Å²) in [6.45, 7) is 0.222. The maximum atomic E-state index is 12.4. The van der Waals surface area contributed by atoms with Crippen molar-refractivity contribution in [2.45, 2.75) is 6.42 Å². The Morgan fingerprint density at radius 3 is 2.13 bits per heavy atom. The van der Waals surface area contributed by atoms with E-state index in [0.29, 0.717) is 39.9 Å². The molecule has 0 aliphatic heterocycles. The molecule has 9 heteroatoms. The average molecular weight is 430 g/mol. The molecule has 0 aromatic heterocycles. The molecular formula is C22H26N2O7. The van der Waals surface area contributed by atoms with Crippen molar-refractivity contribution in [3.8, 4) is 23.0 Å². The van der Waals surface area contributed by atoms with Crippen molar-refractivity contribution in [1.29, 1.82) is 0 Å². The first-order valence-corrected chi connectivity index (χ1v) is 9.34.